The minimum absolute atomic E-state index is 0.174. The van der Waals surface area contributed by atoms with Gasteiger partial charge in [0.1, 0.15) is 0 Å². The summed E-state index contributed by atoms with van der Waals surface area (Å²) < 4.78 is 0. The SMILES string of the molecule is CN(C)c1cccc(C(=O)N2C[C@H]3CC[C@@H]2CN(Cc2ccccn2)C3)c1. The number of piperidine rings is 1. The number of fused-ring (bicyclic) bond motifs is 4. The first-order valence-electron chi connectivity index (χ1n) is 9.81. The highest BCUT2D eigenvalue weighted by Gasteiger charge is 2.37. The van der Waals surface area contributed by atoms with Crippen LogP contribution in [0.15, 0.2) is 48.7 Å². The van der Waals surface area contributed by atoms with E-state index in [0.29, 0.717) is 12.0 Å². The third-order valence-electron chi connectivity index (χ3n) is 5.77. The second-order valence-electron chi connectivity index (χ2n) is 8.01. The van der Waals surface area contributed by atoms with Gasteiger partial charge in [-0.1, -0.05) is 12.1 Å². The van der Waals surface area contributed by atoms with Crippen LogP contribution in [0.25, 0.3) is 0 Å². The number of pyridine rings is 1. The molecule has 2 atom stereocenters. The van der Waals surface area contributed by atoms with Gasteiger partial charge >= 0.3 is 0 Å². The van der Waals surface area contributed by atoms with Crippen LogP contribution in [0.4, 0.5) is 5.69 Å². The summed E-state index contributed by atoms with van der Waals surface area (Å²) in [6, 6.07) is 14.4. The van der Waals surface area contributed by atoms with E-state index in [0.717, 1.165) is 49.5 Å². The molecule has 3 aliphatic rings. The maximum absolute atomic E-state index is 13.3. The zero-order valence-corrected chi connectivity index (χ0v) is 16.2. The van der Waals surface area contributed by atoms with Crippen LogP contribution in [0.2, 0.25) is 0 Å². The number of aromatic nitrogens is 1. The topological polar surface area (TPSA) is 39.7 Å². The predicted molar refractivity (Wildman–Crippen MR) is 108 cm³/mol. The molecule has 0 N–H and O–H groups in total. The standard InChI is InChI=1S/C22H28N4O/c1-24(2)20-8-5-6-18(12-20)22(27)26-14-17-9-10-21(26)16-25(13-17)15-19-7-3-4-11-23-19/h3-8,11-12,17,21H,9-10,13-16H2,1-2H3/t17-,21+/m0/s1. The average molecular weight is 364 g/mol. The normalized spacial score (nSPS) is 22.5. The van der Waals surface area contributed by atoms with Crippen molar-refractivity contribution < 1.29 is 4.79 Å². The van der Waals surface area contributed by atoms with E-state index in [1.54, 1.807) is 0 Å². The highest BCUT2D eigenvalue weighted by Crippen LogP contribution is 2.30. The van der Waals surface area contributed by atoms with Crippen molar-refractivity contribution in [3.05, 3.63) is 59.9 Å². The Bertz CT molecular complexity index is 792. The fourth-order valence-corrected chi connectivity index (χ4v) is 4.36. The number of carbonyl (C=O) groups is 1. The Hall–Kier alpha value is -2.40. The number of hydrogen-bond acceptors (Lipinski definition) is 4. The molecule has 3 fully saturated rings. The van der Waals surface area contributed by atoms with Crippen molar-refractivity contribution in [1.82, 2.24) is 14.8 Å². The quantitative estimate of drug-likeness (QED) is 0.836. The van der Waals surface area contributed by atoms with Gasteiger partial charge in [-0.3, -0.25) is 14.7 Å². The Morgan fingerprint density at radius 2 is 2.00 bits per heavy atom. The van der Waals surface area contributed by atoms with Gasteiger partial charge in [-0.2, -0.15) is 0 Å². The van der Waals surface area contributed by atoms with Crippen molar-refractivity contribution >= 4 is 11.6 Å². The van der Waals surface area contributed by atoms with Crippen molar-refractivity contribution in [2.75, 3.05) is 38.6 Å². The molecule has 0 radical (unpaired) electrons. The summed E-state index contributed by atoms with van der Waals surface area (Å²) >= 11 is 0. The van der Waals surface area contributed by atoms with Crippen molar-refractivity contribution in [1.29, 1.82) is 0 Å². The molecule has 2 bridgehead atoms. The number of hydrogen-bond donors (Lipinski definition) is 0. The molecule has 3 saturated heterocycles. The molecule has 1 amide bonds. The second-order valence-corrected chi connectivity index (χ2v) is 8.01. The van der Waals surface area contributed by atoms with Crippen molar-refractivity contribution in [2.45, 2.75) is 25.4 Å². The smallest absolute Gasteiger partial charge is 0.254 e. The molecule has 1 aromatic heterocycles. The molecule has 2 aromatic rings. The Morgan fingerprint density at radius 3 is 2.78 bits per heavy atom. The van der Waals surface area contributed by atoms with Gasteiger partial charge < -0.3 is 9.80 Å². The van der Waals surface area contributed by atoms with Crippen LogP contribution in [0.3, 0.4) is 0 Å². The van der Waals surface area contributed by atoms with E-state index in [1.165, 1.54) is 6.42 Å². The first kappa shape index (κ1) is 18.0. The maximum Gasteiger partial charge on any atom is 0.254 e. The maximum atomic E-state index is 13.3. The molecule has 142 valence electrons. The molecule has 27 heavy (non-hydrogen) atoms. The van der Waals surface area contributed by atoms with Gasteiger partial charge in [0, 0.05) is 63.8 Å². The van der Waals surface area contributed by atoms with Gasteiger partial charge in [0.25, 0.3) is 5.91 Å². The van der Waals surface area contributed by atoms with Gasteiger partial charge in [-0.15, -0.1) is 0 Å². The molecule has 5 nitrogen and oxygen atoms in total. The zero-order valence-electron chi connectivity index (χ0n) is 16.2. The van der Waals surface area contributed by atoms with E-state index in [1.807, 2.05) is 61.6 Å². The Labute approximate surface area is 161 Å². The van der Waals surface area contributed by atoms with E-state index in [4.69, 9.17) is 0 Å². The van der Waals surface area contributed by atoms with Crippen molar-refractivity contribution in [3.63, 3.8) is 0 Å². The van der Waals surface area contributed by atoms with Gasteiger partial charge in [0.15, 0.2) is 0 Å². The third kappa shape index (κ3) is 3.98. The third-order valence-corrected chi connectivity index (χ3v) is 5.77. The molecule has 5 heteroatoms. The van der Waals surface area contributed by atoms with Gasteiger partial charge in [-0.05, 0) is 49.1 Å². The summed E-state index contributed by atoms with van der Waals surface area (Å²) in [4.78, 5) is 24.4. The molecule has 0 spiro atoms. The lowest BCUT2D eigenvalue weighted by atomic mass is 9.94. The molecule has 0 aliphatic carbocycles. The van der Waals surface area contributed by atoms with E-state index < -0.39 is 0 Å². The summed E-state index contributed by atoms with van der Waals surface area (Å²) in [5.41, 5.74) is 2.97. The second kappa shape index (κ2) is 7.69. The van der Waals surface area contributed by atoms with Crippen molar-refractivity contribution in [2.24, 2.45) is 5.92 Å². The van der Waals surface area contributed by atoms with Crippen molar-refractivity contribution in [3.8, 4) is 0 Å². The van der Waals surface area contributed by atoms with Gasteiger partial charge in [0.05, 0.1) is 5.69 Å². The first-order chi connectivity index (χ1) is 13.1. The molecular weight excluding hydrogens is 336 g/mol. The summed E-state index contributed by atoms with van der Waals surface area (Å²) in [5.74, 6) is 0.724. The number of amides is 1. The van der Waals surface area contributed by atoms with Gasteiger partial charge in [-0.25, -0.2) is 0 Å². The van der Waals surface area contributed by atoms with Crippen LogP contribution in [-0.2, 0) is 6.54 Å². The largest absolute Gasteiger partial charge is 0.378 e. The lowest BCUT2D eigenvalue weighted by Crippen LogP contribution is -2.47. The molecule has 1 aromatic carbocycles. The number of nitrogens with zero attached hydrogens (tertiary/aromatic N) is 4. The minimum Gasteiger partial charge on any atom is -0.378 e. The minimum atomic E-state index is 0.174. The fraction of sp³-hybridized carbons (Fsp3) is 0.455. The number of rotatable bonds is 4. The lowest BCUT2D eigenvalue weighted by molar-refractivity contribution is 0.0585. The highest BCUT2D eigenvalue weighted by atomic mass is 16.2. The molecule has 3 aliphatic heterocycles. The number of carbonyl (C=O) groups excluding carboxylic acids is 1. The monoisotopic (exact) mass is 364 g/mol. The fourth-order valence-electron chi connectivity index (χ4n) is 4.36. The summed E-state index contributed by atoms with van der Waals surface area (Å²) in [6.45, 7) is 3.72. The molecular formula is C22H28N4O. The molecule has 0 unspecified atom stereocenters. The predicted octanol–water partition coefficient (Wildman–Crippen LogP) is 2.88. The van der Waals surface area contributed by atoms with E-state index in [2.05, 4.69) is 20.9 Å². The van der Waals surface area contributed by atoms with E-state index in [-0.39, 0.29) is 5.91 Å². The molecule has 5 rings (SSSR count). The Kier molecular flexibility index (Phi) is 5.12. The Balaban J connectivity index is 1.50. The lowest BCUT2D eigenvalue weighted by Gasteiger charge is -2.36. The Morgan fingerprint density at radius 1 is 1.11 bits per heavy atom. The van der Waals surface area contributed by atoms with Crippen LogP contribution < -0.4 is 4.90 Å². The summed E-state index contributed by atoms with van der Waals surface area (Å²) in [5, 5.41) is 0. The summed E-state index contributed by atoms with van der Waals surface area (Å²) in [6.07, 6.45) is 4.17. The van der Waals surface area contributed by atoms with Crippen LogP contribution in [-0.4, -0.2) is 60.5 Å². The van der Waals surface area contributed by atoms with Crippen LogP contribution >= 0.6 is 0 Å². The van der Waals surface area contributed by atoms with Crippen LogP contribution in [0.5, 0.6) is 0 Å². The van der Waals surface area contributed by atoms with Crippen LogP contribution in [0.1, 0.15) is 28.9 Å². The van der Waals surface area contributed by atoms with Crippen LogP contribution in [0, 0.1) is 5.92 Å². The average Bonchev–Trinajstić information content (AvgIpc) is 2.99. The number of anilines is 1. The van der Waals surface area contributed by atoms with E-state index >= 15 is 0 Å². The number of benzene rings is 1. The molecule has 0 saturated carbocycles. The summed E-state index contributed by atoms with van der Waals surface area (Å²) in [7, 11) is 4.01. The molecule has 4 heterocycles. The zero-order chi connectivity index (χ0) is 18.8. The highest BCUT2D eigenvalue weighted by molar-refractivity contribution is 5.95. The first-order valence-corrected chi connectivity index (χ1v) is 9.81. The van der Waals surface area contributed by atoms with Gasteiger partial charge in [0.2, 0.25) is 0 Å². The van der Waals surface area contributed by atoms with E-state index in [9.17, 15) is 4.79 Å².